The molecule has 1 saturated carbocycles. The van der Waals surface area contributed by atoms with Crippen LogP contribution in [0.2, 0.25) is 0 Å². The molecule has 2 atom stereocenters. The Morgan fingerprint density at radius 2 is 2.11 bits per heavy atom. The van der Waals surface area contributed by atoms with Crippen LogP contribution in [0.3, 0.4) is 0 Å². The summed E-state index contributed by atoms with van der Waals surface area (Å²) in [7, 11) is 0. The van der Waals surface area contributed by atoms with Crippen LogP contribution in [-0.4, -0.2) is 24.4 Å². The molecule has 102 valence electrons. The first-order chi connectivity index (χ1) is 9.09. The third-order valence-electron chi connectivity index (χ3n) is 4.70. The van der Waals surface area contributed by atoms with E-state index >= 15 is 0 Å². The predicted octanol–water partition coefficient (Wildman–Crippen LogP) is 3.29. The van der Waals surface area contributed by atoms with Crippen LogP contribution in [0.4, 0.5) is 5.82 Å². The third kappa shape index (κ3) is 2.55. The smallest absolute Gasteiger partial charge is 0.128 e. The van der Waals surface area contributed by atoms with Gasteiger partial charge in [-0.05, 0) is 58.2 Å². The highest BCUT2D eigenvalue weighted by Gasteiger charge is 2.46. The van der Waals surface area contributed by atoms with Crippen LogP contribution in [-0.2, 0) is 4.79 Å². The Kier molecular flexibility index (Phi) is 3.37. The number of nitrogens with zero attached hydrogens (tertiary/aromatic N) is 2. The van der Waals surface area contributed by atoms with Gasteiger partial charge in [0, 0.05) is 30.2 Å². The first kappa shape index (κ1) is 13.1. The molecule has 0 radical (unpaired) electrons. The summed E-state index contributed by atoms with van der Waals surface area (Å²) >= 11 is 3.42. The van der Waals surface area contributed by atoms with Crippen LogP contribution in [0.1, 0.15) is 26.2 Å². The number of carbonyl (C=O) groups is 1. The lowest BCUT2D eigenvalue weighted by Gasteiger charge is -2.25. The summed E-state index contributed by atoms with van der Waals surface area (Å²) in [6, 6.07) is 4.13. The number of pyridine rings is 1. The number of hydrogen-bond acceptors (Lipinski definition) is 3. The second-order valence-corrected chi connectivity index (χ2v) is 7.27. The molecule has 4 heteroatoms. The molecular weight excluding hydrogens is 304 g/mol. The molecule has 2 fully saturated rings. The maximum atomic E-state index is 10.8. The molecule has 2 heterocycles. The van der Waals surface area contributed by atoms with Crippen molar-refractivity contribution >= 4 is 28.0 Å². The summed E-state index contributed by atoms with van der Waals surface area (Å²) in [5.74, 6) is 2.54. The Hall–Kier alpha value is -0.900. The van der Waals surface area contributed by atoms with Crippen molar-refractivity contribution in [3.8, 4) is 0 Å². The van der Waals surface area contributed by atoms with Gasteiger partial charge in [-0.3, -0.25) is 0 Å². The van der Waals surface area contributed by atoms with Gasteiger partial charge in [-0.15, -0.1) is 0 Å². The molecule has 0 amide bonds. The Morgan fingerprint density at radius 1 is 1.42 bits per heavy atom. The molecule has 0 aromatic carbocycles. The fraction of sp³-hybridized carbons (Fsp3) is 0.600. The van der Waals surface area contributed by atoms with Gasteiger partial charge in [-0.2, -0.15) is 0 Å². The molecule has 2 aliphatic rings. The zero-order valence-electron chi connectivity index (χ0n) is 11.2. The number of fused-ring (bicyclic) bond motifs is 1. The first-order valence-electron chi connectivity index (χ1n) is 6.90. The second-order valence-electron chi connectivity index (χ2n) is 6.35. The SMILES string of the molecule is CC1(CC=O)CC2CN(c3ccc(Br)cn3)CC2C1. The highest BCUT2D eigenvalue weighted by molar-refractivity contribution is 9.10. The number of anilines is 1. The van der Waals surface area contributed by atoms with E-state index in [2.05, 4.69) is 38.8 Å². The average molecular weight is 323 g/mol. The first-order valence-corrected chi connectivity index (χ1v) is 7.69. The van der Waals surface area contributed by atoms with E-state index in [4.69, 9.17) is 0 Å². The predicted molar refractivity (Wildman–Crippen MR) is 79.2 cm³/mol. The topological polar surface area (TPSA) is 33.2 Å². The van der Waals surface area contributed by atoms with Crippen molar-refractivity contribution in [3.05, 3.63) is 22.8 Å². The van der Waals surface area contributed by atoms with Crippen molar-refractivity contribution in [2.45, 2.75) is 26.2 Å². The molecule has 2 unspecified atom stereocenters. The summed E-state index contributed by atoms with van der Waals surface area (Å²) < 4.78 is 1.02. The number of aldehydes is 1. The van der Waals surface area contributed by atoms with Gasteiger partial charge in [0.25, 0.3) is 0 Å². The molecule has 19 heavy (non-hydrogen) atoms. The minimum Gasteiger partial charge on any atom is -0.356 e. The normalized spacial score (nSPS) is 33.5. The third-order valence-corrected chi connectivity index (χ3v) is 5.17. The quantitative estimate of drug-likeness (QED) is 0.801. The molecule has 1 aliphatic carbocycles. The molecule has 1 saturated heterocycles. The molecule has 3 rings (SSSR count). The van der Waals surface area contributed by atoms with Crippen molar-refractivity contribution in [1.82, 2.24) is 4.98 Å². The fourth-order valence-electron chi connectivity index (χ4n) is 3.86. The lowest BCUT2D eigenvalue weighted by molar-refractivity contribution is -0.109. The van der Waals surface area contributed by atoms with E-state index in [1.807, 2.05) is 12.3 Å². The standard InChI is InChI=1S/C15H19BrN2O/c1-15(4-5-19)6-11-9-18(10-12(11)7-15)14-3-2-13(16)8-17-14/h2-3,5,8,11-12H,4,6-7,9-10H2,1H3. The van der Waals surface area contributed by atoms with Gasteiger partial charge >= 0.3 is 0 Å². The monoisotopic (exact) mass is 322 g/mol. The van der Waals surface area contributed by atoms with E-state index in [0.717, 1.165) is 47.9 Å². The van der Waals surface area contributed by atoms with Crippen LogP contribution in [0.15, 0.2) is 22.8 Å². The van der Waals surface area contributed by atoms with Gasteiger partial charge in [0.05, 0.1) is 0 Å². The molecule has 0 spiro atoms. The maximum Gasteiger partial charge on any atom is 0.128 e. The number of rotatable bonds is 3. The summed E-state index contributed by atoms with van der Waals surface area (Å²) in [6.45, 7) is 4.45. The zero-order chi connectivity index (χ0) is 13.5. The Morgan fingerprint density at radius 3 is 2.63 bits per heavy atom. The molecule has 3 nitrogen and oxygen atoms in total. The largest absolute Gasteiger partial charge is 0.356 e. The zero-order valence-corrected chi connectivity index (χ0v) is 12.8. The number of carbonyl (C=O) groups excluding carboxylic acids is 1. The summed E-state index contributed by atoms with van der Waals surface area (Å²) in [5.41, 5.74) is 0.246. The maximum absolute atomic E-state index is 10.8. The molecule has 0 N–H and O–H groups in total. The van der Waals surface area contributed by atoms with Gasteiger partial charge in [0.15, 0.2) is 0 Å². The van der Waals surface area contributed by atoms with Crippen LogP contribution in [0.25, 0.3) is 0 Å². The molecule has 1 aliphatic heterocycles. The second kappa shape index (κ2) is 4.89. The van der Waals surface area contributed by atoms with Crippen LogP contribution < -0.4 is 4.90 Å². The Labute approximate surface area is 122 Å². The Balaban J connectivity index is 1.68. The van der Waals surface area contributed by atoms with Gasteiger partial charge in [-0.1, -0.05) is 6.92 Å². The average Bonchev–Trinajstić information content (AvgIpc) is 2.85. The van der Waals surface area contributed by atoms with Gasteiger partial charge in [0.1, 0.15) is 12.1 Å². The van der Waals surface area contributed by atoms with Crippen molar-refractivity contribution in [1.29, 1.82) is 0 Å². The van der Waals surface area contributed by atoms with E-state index < -0.39 is 0 Å². The van der Waals surface area contributed by atoms with Crippen LogP contribution >= 0.6 is 15.9 Å². The van der Waals surface area contributed by atoms with Crippen molar-refractivity contribution in [2.24, 2.45) is 17.3 Å². The summed E-state index contributed by atoms with van der Waals surface area (Å²) in [5, 5.41) is 0. The van der Waals surface area contributed by atoms with Gasteiger partial charge < -0.3 is 9.69 Å². The number of aromatic nitrogens is 1. The van der Waals surface area contributed by atoms with E-state index in [-0.39, 0.29) is 5.41 Å². The summed E-state index contributed by atoms with van der Waals surface area (Å²) in [4.78, 5) is 17.7. The van der Waals surface area contributed by atoms with E-state index in [1.165, 1.54) is 12.8 Å². The van der Waals surface area contributed by atoms with Crippen LogP contribution in [0.5, 0.6) is 0 Å². The van der Waals surface area contributed by atoms with Crippen LogP contribution in [0, 0.1) is 17.3 Å². The Bertz CT molecular complexity index is 460. The molecule has 1 aromatic heterocycles. The van der Waals surface area contributed by atoms with Crippen molar-refractivity contribution in [3.63, 3.8) is 0 Å². The number of halogens is 1. The minimum absolute atomic E-state index is 0.246. The molecular formula is C15H19BrN2O. The minimum atomic E-state index is 0.246. The lowest BCUT2D eigenvalue weighted by atomic mass is 9.84. The lowest BCUT2D eigenvalue weighted by Crippen LogP contribution is -2.25. The fourth-order valence-corrected chi connectivity index (χ4v) is 4.10. The van der Waals surface area contributed by atoms with Crippen molar-refractivity contribution < 1.29 is 4.79 Å². The van der Waals surface area contributed by atoms with Gasteiger partial charge in [-0.25, -0.2) is 4.98 Å². The number of hydrogen-bond donors (Lipinski definition) is 0. The summed E-state index contributed by atoms with van der Waals surface area (Å²) in [6.07, 6.45) is 6.04. The van der Waals surface area contributed by atoms with E-state index in [9.17, 15) is 4.79 Å². The van der Waals surface area contributed by atoms with E-state index in [1.54, 1.807) is 0 Å². The highest BCUT2D eigenvalue weighted by atomic mass is 79.9. The molecule has 0 bridgehead atoms. The highest BCUT2D eigenvalue weighted by Crippen LogP contribution is 2.50. The molecule has 1 aromatic rings. The van der Waals surface area contributed by atoms with E-state index in [0.29, 0.717) is 0 Å². The van der Waals surface area contributed by atoms with Crippen molar-refractivity contribution in [2.75, 3.05) is 18.0 Å². The van der Waals surface area contributed by atoms with Gasteiger partial charge in [0.2, 0.25) is 0 Å².